The van der Waals surface area contributed by atoms with Crippen LogP contribution in [-0.2, 0) is 9.53 Å². The maximum atomic E-state index is 11.9. The van der Waals surface area contributed by atoms with Crippen molar-refractivity contribution in [2.45, 2.75) is 45.1 Å². The number of ether oxygens (including phenoxy) is 1. The number of halogens is 3. The van der Waals surface area contributed by atoms with Crippen LogP contribution in [0.15, 0.2) is 12.2 Å². The molecule has 0 spiro atoms. The number of rotatable bonds is 9. The molecule has 100 valence electrons. The van der Waals surface area contributed by atoms with Gasteiger partial charge in [0.05, 0.1) is 6.61 Å². The lowest BCUT2D eigenvalue weighted by molar-refractivity contribution is -0.137. The second-order valence-electron chi connectivity index (χ2n) is 3.80. The van der Waals surface area contributed by atoms with Crippen LogP contribution >= 0.6 is 0 Å². The average Bonchev–Trinajstić information content (AvgIpc) is 2.21. The zero-order valence-electron chi connectivity index (χ0n) is 10.1. The largest absolute Gasteiger partial charge is 0.616 e. The highest BCUT2D eigenvalue weighted by Gasteiger charge is 2.35. The van der Waals surface area contributed by atoms with E-state index in [-0.39, 0.29) is 12.4 Å². The average molecular weight is 268 g/mol. The Morgan fingerprint density at radius 1 is 1.12 bits per heavy atom. The summed E-state index contributed by atoms with van der Waals surface area (Å²) in [4.78, 5) is 10.9. The molecule has 6 heteroatoms. The summed E-state index contributed by atoms with van der Waals surface area (Å²) in [7, 11) is -5.33. The van der Waals surface area contributed by atoms with Gasteiger partial charge in [-0.25, -0.2) is 17.1 Å². The summed E-state index contributed by atoms with van der Waals surface area (Å²) in [5.41, 5.74) is 0. The van der Waals surface area contributed by atoms with E-state index in [0.29, 0.717) is 19.4 Å². The van der Waals surface area contributed by atoms with Gasteiger partial charge in [0.25, 0.3) is 0 Å². The van der Waals surface area contributed by atoms with Gasteiger partial charge < -0.3 is 4.74 Å². The monoisotopic (exact) mass is 268 g/mol. The molecule has 0 aromatic rings. The van der Waals surface area contributed by atoms with Gasteiger partial charge in [-0.3, -0.25) is 0 Å². The molecule has 0 saturated heterocycles. The standard InChI is InChI=1S/C11H19F3O2Si/c1-2-8-11(15)16-9-6-4-3-5-7-10-17(12,13)14/h2,8H,3-7,9-10H2,1H3. The van der Waals surface area contributed by atoms with Gasteiger partial charge in [0, 0.05) is 12.1 Å². The van der Waals surface area contributed by atoms with E-state index in [4.69, 9.17) is 4.74 Å². The molecule has 0 unspecified atom stereocenters. The summed E-state index contributed by atoms with van der Waals surface area (Å²) in [6.45, 7) is 2.07. The van der Waals surface area contributed by atoms with Crippen molar-refractivity contribution in [1.29, 1.82) is 0 Å². The van der Waals surface area contributed by atoms with Crippen LogP contribution in [0.2, 0.25) is 6.04 Å². The number of carbonyl (C=O) groups is 1. The third-order valence-corrected chi connectivity index (χ3v) is 3.07. The van der Waals surface area contributed by atoms with Crippen LogP contribution in [0.1, 0.15) is 39.0 Å². The molecule has 0 aromatic carbocycles. The Bertz CT molecular complexity index is 239. The first-order valence-corrected chi connectivity index (χ1v) is 7.66. The fourth-order valence-electron chi connectivity index (χ4n) is 1.31. The lowest BCUT2D eigenvalue weighted by Gasteiger charge is -2.03. The normalized spacial score (nSPS) is 12.0. The fourth-order valence-corrected chi connectivity index (χ4v) is 1.97. The molecule has 2 nitrogen and oxygen atoms in total. The highest BCUT2D eigenvalue weighted by Crippen LogP contribution is 2.19. The molecular weight excluding hydrogens is 249 g/mol. The predicted molar refractivity (Wildman–Crippen MR) is 62.7 cm³/mol. The highest BCUT2D eigenvalue weighted by molar-refractivity contribution is 6.58. The van der Waals surface area contributed by atoms with Crippen molar-refractivity contribution in [3.8, 4) is 0 Å². The molecule has 0 saturated carbocycles. The van der Waals surface area contributed by atoms with Crippen molar-refractivity contribution in [3.63, 3.8) is 0 Å². The van der Waals surface area contributed by atoms with Crippen molar-refractivity contribution in [1.82, 2.24) is 0 Å². The molecule has 0 radical (unpaired) electrons. The fraction of sp³-hybridized carbons (Fsp3) is 0.727. The molecule has 0 heterocycles. The summed E-state index contributed by atoms with van der Waals surface area (Å²) in [5.74, 6) is -0.365. The minimum atomic E-state index is -5.33. The van der Waals surface area contributed by atoms with Gasteiger partial charge in [-0.05, 0) is 19.8 Å². The Kier molecular flexibility index (Phi) is 8.84. The van der Waals surface area contributed by atoms with Crippen LogP contribution in [0.4, 0.5) is 12.3 Å². The summed E-state index contributed by atoms with van der Waals surface area (Å²) >= 11 is 0. The van der Waals surface area contributed by atoms with E-state index in [1.54, 1.807) is 13.0 Å². The predicted octanol–water partition coefficient (Wildman–Crippen LogP) is 3.90. The molecule has 0 aromatic heterocycles. The summed E-state index contributed by atoms with van der Waals surface area (Å²) in [5, 5.41) is 0. The molecule has 0 aliphatic carbocycles. The third kappa shape index (κ3) is 13.2. The Hall–Kier alpha value is -0.783. The number of unbranched alkanes of at least 4 members (excludes halogenated alkanes) is 4. The van der Waals surface area contributed by atoms with Crippen LogP contribution in [-0.4, -0.2) is 21.7 Å². The van der Waals surface area contributed by atoms with Gasteiger partial charge in [-0.1, -0.05) is 25.3 Å². The summed E-state index contributed by atoms with van der Waals surface area (Å²) < 4.78 is 40.6. The highest BCUT2D eigenvalue weighted by atomic mass is 28.5. The van der Waals surface area contributed by atoms with Gasteiger partial charge in [-0.2, -0.15) is 0 Å². The van der Waals surface area contributed by atoms with E-state index in [2.05, 4.69) is 0 Å². The van der Waals surface area contributed by atoms with Crippen LogP contribution in [0.3, 0.4) is 0 Å². The smallest absolute Gasteiger partial charge is 0.463 e. The van der Waals surface area contributed by atoms with Gasteiger partial charge >= 0.3 is 15.0 Å². The Balaban J connectivity index is 3.22. The van der Waals surface area contributed by atoms with E-state index in [1.807, 2.05) is 0 Å². The molecule has 0 atom stereocenters. The van der Waals surface area contributed by atoms with Crippen LogP contribution in [0, 0.1) is 0 Å². The zero-order chi connectivity index (χ0) is 13.1. The number of hydrogen-bond acceptors (Lipinski definition) is 2. The van der Waals surface area contributed by atoms with Crippen molar-refractivity contribution in [2.24, 2.45) is 0 Å². The van der Waals surface area contributed by atoms with E-state index in [1.165, 1.54) is 6.08 Å². The van der Waals surface area contributed by atoms with Crippen molar-refractivity contribution in [3.05, 3.63) is 12.2 Å². The molecule has 17 heavy (non-hydrogen) atoms. The second-order valence-corrected chi connectivity index (χ2v) is 5.53. The van der Waals surface area contributed by atoms with E-state index < -0.39 is 15.1 Å². The molecule has 0 N–H and O–H groups in total. The third-order valence-electron chi connectivity index (χ3n) is 2.15. The maximum absolute atomic E-state index is 11.9. The summed E-state index contributed by atoms with van der Waals surface area (Å²) in [6.07, 6.45) is 6.08. The van der Waals surface area contributed by atoms with Crippen molar-refractivity contribution in [2.75, 3.05) is 6.61 Å². The van der Waals surface area contributed by atoms with Gasteiger partial charge in [0.15, 0.2) is 0 Å². The maximum Gasteiger partial charge on any atom is 0.616 e. The molecule has 0 bridgehead atoms. The first kappa shape index (κ1) is 16.2. The Morgan fingerprint density at radius 3 is 2.29 bits per heavy atom. The Labute approximate surface area is 101 Å². The van der Waals surface area contributed by atoms with E-state index in [9.17, 15) is 17.1 Å². The minimum Gasteiger partial charge on any atom is -0.463 e. The van der Waals surface area contributed by atoms with Crippen LogP contribution in [0.5, 0.6) is 0 Å². The number of carbonyl (C=O) groups excluding carboxylic acids is 1. The Morgan fingerprint density at radius 2 is 1.71 bits per heavy atom. The van der Waals surface area contributed by atoms with Crippen molar-refractivity contribution >= 4 is 15.0 Å². The lowest BCUT2D eigenvalue weighted by Crippen LogP contribution is -2.13. The number of allylic oxidation sites excluding steroid dienone is 1. The first-order valence-electron chi connectivity index (χ1n) is 5.82. The molecule has 0 amide bonds. The number of hydrogen-bond donors (Lipinski definition) is 0. The van der Waals surface area contributed by atoms with E-state index in [0.717, 1.165) is 12.8 Å². The quantitative estimate of drug-likeness (QED) is 0.208. The molecule has 0 rings (SSSR count). The molecule has 0 fully saturated rings. The first-order chi connectivity index (χ1) is 7.95. The van der Waals surface area contributed by atoms with Gasteiger partial charge in [-0.15, -0.1) is 0 Å². The van der Waals surface area contributed by atoms with Gasteiger partial charge in [0.2, 0.25) is 0 Å². The zero-order valence-corrected chi connectivity index (χ0v) is 11.1. The minimum absolute atomic E-state index is 0.244. The van der Waals surface area contributed by atoms with E-state index >= 15 is 0 Å². The van der Waals surface area contributed by atoms with Crippen LogP contribution < -0.4 is 0 Å². The topological polar surface area (TPSA) is 26.3 Å². The second kappa shape index (κ2) is 9.27. The molecular formula is C11H19F3O2Si. The van der Waals surface area contributed by atoms with Crippen LogP contribution in [0.25, 0.3) is 0 Å². The van der Waals surface area contributed by atoms with Gasteiger partial charge in [0.1, 0.15) is 0 Å². The molecule has 0 aliphatic heterocycles. The number of esters is 1. The SMILES string of the molecule is CC=CC(=O)OCCCCCCC[Si](F)(F)F. The van der Waals surface area contributed by atoms with Crippen molar-refractivity contribution < 1.29 is 21.9 Å². The molecule has 0 aliphatic rings. The lowest BCUT2D eigenvalue weighted by atomic mass is 10.2. The summed E-state index contributed by atoms with van der Waals surface area (Å²) in [6, 6.07) is -0.566.